The summed E-state index contributed by atoms with van der Waals surface area (Å²) in [6.07, 6.45) is 25.2. The molecule has 0 aromatic carbocycles. The van der Waals surface area contributed by atoms with Gasteiger partial charge in [0.2, 0.25) is 0 Å². The molecule has 0 aromatic heterocycles. The van der Waals surface area contributed by atoms with Gasteiger partial charge in [-0.15, -0.1) is 0 Å². The number of hydrogen-bond donors (Lipinski definition) is 1. The predicted octanol–water partition coefficient (Wildman–Crippen LogP) is 6.66. The van der Waals surface area contributed by atoms with Crippen molar-refractivity contribution in [2.75, 3.05) is 0 Å². The number of allylic oxidation sites excluding steroid dienone is 4. The quantitative estimate of drug-likeness (QED) is 0.255. The second-order valence-electron chi connectivity index (χ2n) is 6.11. The Morgan fingerprint density at radius 1 is 0.727 bits per heavy atom. The molecule has 0 saturated carbocycles. The number of carbonyl (C=O) groups is 1. The molecule has 0 aromatic rings. The van der Waals surface area contributed by atoms with Gasteiger partial charge in [0, 0.05) is 6.42 Å². The molecule has 0 fully saturated rings. The van der Waals surface area contributed by atoms with Crippen LogP contribution in [0.1, 0.15) is 96.8 Å². The smallest absolute Gasteiger partial charge is 0.303 e. The zero-order valence-electron chi connectivity index (χ0n) is 14.6. The van der Waals surface area contributed by atoms with E-state index in [1.54, 1.807) is 0 Å². The fourth-order valence-electron chi connectivity index (χ4n) is 2.46. The summed E-state index contributed by atoms with van der Waals surface area (Å²) < 4.78 is 0. The normalized spacial score (nSPS) is 11.7. The van der Waals surface area contributed by atoms with Gasteiger partial charge in [-0.2, -0.15) is 0 Å². The van der Waals surface area contributed by atoms with Crippen molar-refractivity contribution >= 4 is 5.97 Å². The van der Waals surface area contributed by atoms with Crippen molar-refractivity contribution in [3.8, 4) is 0 Å². The van der Waals surface area contributed by atoms with Crippen LogP contribution in [-0.4, -0.2) is 11.1 Å². The van der Waals surface area contributed by atoms with E-state index in [0.717, 1.165) is 12.8 Å². The molecule has 0 unspecified atom stereocenters. The lowest BCUT2D eigenvalue weighted by molar-refractivity contribution is -0.137. The van der Waals surface area contributed by atoms with Crippen molar-refractivity contribution in [1.82, 2.24) is 0 Å². The lowest BCUT2D eigenvalue weighted by Crippen LogP contribution is -1.93. The first-order valence-electron chi connectivity index (χ1n) is 9.30. The monoisotopic (exact) mass is 308 g/mol. The molecule has 2 nitrogen and oxygen atoms in total. The minimum absolute atomic E-state index is 0.330. The Hall–Kier alpha value is -1.05. The highest BCUT2D eigenvalue weighted by Crippen LogP contribution is 2.10. The molecule has 22 heavy (non-hydrogen) atoms. The molecule has 0 spiro atoms. The van der Waals surface area contributed by atoms with E-state index in [9.17, 15) is 4.79 Å². The molecule has 0 rings (SSSR count). The number of rotatable bonds is 16. The maximum Gasteiger partial charge on any atom is 0.303 e. The van der Waals surface area contributed by atoms with Crippen LogP contribution in [0.3, 0.4) is 0 Å². The highest BCUT2D eigenvalue weighted by molar-refractivity contribution is 5.66. The van der Waals surface area contributed by atoms with Gasteiger partial charge in [-0.3, -0.25) is 4.79 Å². The molecule has 0 saturated heterocycles. The van der Waals surface area contributed by atoms with Crippen molar-refractivity contribution < 1.29 is 9.90 Å². The van der Waals surface area contributed by atoms with Crippen LogP contribution in [0.5, 0.6) is 0 Å². The molecule has 0 bridgehead atoms. The number of aliphatic carboxylic acids is 1. The molecule has 1 N–H and O–H groups in total. The summed E-state index contributed by atoms with van der Waals surface area (Å²) in [6.45, 7) is 2.25. The minimum Gasteiger partial charge on any atom is -0.481 e. The fraction of sp³-hybridized carbons (Fsp3) is 0.750. The van der Waals surface area contributed by atoms with Crippen molar-refractivity contribution in [3.05, 3.63) is 24.3 Å². The summed E-state index contributed by atoms with van der Waals surface area (Å²) in [5.41, 5.74) is 0. The standard InChI is InChI=1S/C20H36O2/c1-2-3-4-5-6-7-8-9-10-11-12-13-14-15-16-17-18-19-20(21)22/h7-10H,2-6,11-19H2,1H3,(H,21,22)/b8-7-,10-9-. The highest BCUT2D eigenvalue weighted by atomic mass is 16.4. The van der Waals surface area contributed by atoms with Crippen molar-refractivity contribution in [2.24, 2.45) is 0 Å². The summed E-state index contributed by atoms with van der Waals surface area (Å²) in [7, 11) is 0. The van der Waals surface area contributed by atoms with E-state index in [1.165, 1.54) is 70.6 Å². The van der Waals surface area contributed by atoms with Gasteiger partial charge in [0.1, 0.15) is 0 Å². The summed E-state index contributed by atoms with van der Waals surface area (Å²) in [5.74, 6) is -0.665. The zero-order chi connectivity index (χ0) is 16.3. The first kappa shape index (κ1) is 20.9. The molecule has 0 atom stereocenters. The SMILES string of the molecule is CCCCCC/C=C\C=C/CCCCCCCCCC(=O)O. The van der Waals surface area contributed by atoms with E-state index in [2.05, 4.69) is 31.2 Å². The third kappa shape index (κ3) is 18.9. The Kier molecular flexibility index (Phi) is 17.1. The second-order valence-corrected chi connectivity index (χ2v) is 6.11. The first-order valence-corrected chi connectivity index (χ1v) is 9.30. The summed E-state index contributed by atoms with van der Waals surface area (Å²) in [4.78, 5) is 10.3. The fourth-order valence-corrected chi connectivity index (χ4v) is 2.46. The number of hydrogen-bond acceptors (Lipinski definition) is 1. The van der Waals surface area contributed by atoms with E-state index >= 15 is 0 Å². The van der Waals surface area contributed by atoms with Gasteiger partial charge < -0.3 is 5.11 Å². The topological polar surface area (TPSA) is 37.3 Å². The average Bonchev–Trinajstić information content (AvgIpc) is 2.50. The first-order chi connectivity index (χ1) is 10.8. The number of carboxylic acids is 1. The Morgan fingerprint density at radius 3 is 1.68 bits per heavy atom. The van der Waals surface area contributed by atoms with Crippen molar-refractivity contribution in [2.45, 2.75) is 96.8 Å². The van der Waals surface area contributed by atoms with Crippen molar-refractivity contribution in [3.63, 3.8) is 0 Å². The molecule has 0 heterocycles. The zero-order valence-corrected chi connectivity index (χ0v) is 14.6. The van der Waals surface area contributed by atoms with Gasteiger partial charge in [-0.1, -0.05) is 82.6 Å². The number of unbranched alkanes of at least 4 members (excludes halogenated alkanes) is 11. The van der Waals surface area contributed by atoms with E-state index in [1.807, 2.05) is 0 Å². The van der Waals surface area contributed by atoms with Gasteiger partial charge in [-0.25, -0.2) is 0 Å². The molecular formula is C20H36O2. The van der Waals surface area contributed by atoms with Gasteiger partial charge >= 0.3 is 5.97 Å². The van der Waals surface area contributed by atoms with Gasteiger partial charge in [0.05, 0.1) is 0 Å². The Morgan fingerprint density at radius 2 is 1.18 bits per heavy atom. The largest absolute Gasteiger partial charge is 0.481 e. The molecule has 2 heteroatoms. The Labute approximate surface area is 137 Å². The summed E-state index contributed by atoms with van der Waals surface area (Å²) in [5, 5.41) is 8.53. The molecular weight excluding hydrogens is 272 g/mol. The summed E-state index contributed by atoms with van der Waals surface area (Å²) in [6, 6.07) is 0. The lowest BCUT2D eigenvalue weighted by atomic mass is 10.1. The third-order valence-corrected chi connectivity index (χ3v) is 3.87. The van der Waals surface area contributed by atoms with Crippen LogP contribution in [0.25, 0.3) is 0 Å². The Balaban J connectivity index is 3.17. The van der Waals surface area contributed by atoms with Crippen molar-refractivity contribution in [1.29, 1.82) is 0 Å². The van der Waals surface area contributed by atoms with Crippen LogP contribution in [-0.2, 0) is 4.79 Å². The molecule has 0 radical (unpaired) electrons. The van der Waals surface area contributed by atoms with E-state index < -0.39 is 5.97 Å². The minimum atomic E-state index is -0.665. The third-order valence-electron chi connectivity index (χ3n) is 3.87. The summed E-state index contributed by atoms with van der Waals surface area (Å²) >= 11 is 0. The van der Waals surface area contributed by atoms with Crippen LogP contribution in [0, 0.1) is 0 Å². The van der Waals surface area contributed by atoms with Crippen LogP contribution < -0.4 is 0 Å². The van der Waals surface area contributed by atoms with E-state index in [0.29, 0.717) is 6.42 Å². The highest BCUT2D eigenvalue weighted by Gasteiger charge is 1.96. The molecule has 0 aliphatic heterocycles. The molecule has 0 aliphatic carbocycles. The van der Waals surface area contributed by atoms with Gasteiger partial charge in [0.25, 0.3) is 0 Å². The average molecular weight is 309 g/mol. The lowest BCUT2D eigenvalue weighted by Gasteiger charge is -2.00. The van der Waals surface area contributed by atoms with Crippen LogP contribution in [0.4, 0.5) is 0 Å². The maximum atomic E-state index is 10.3. The molecule has 128 valence electrons. The molecule has 0 aliphatic rings. The van der Waals surface area contributed by atoms with Gasteiger partial charge in [-0.05, 0) is 32.1 Å². The number of carboxylic acid groups (broad SMARTS) is 1. The predicted molar refractivity (Wildman–Crippen MR) is 96.2 cm³/mol. The van der Waals surface area contributed by atoms with E-state index in [-0.39, 0.29) is 0 Å². The second kappa shape index (κ2) is 18.0. The maximum absolute atomic E-state index is 10.3. The molecule has 0 amide bonds. The van der Waals surface area contributed by atoms with Crippen LogP contribution in [0.15, 0.2) is 24.3 Å². The van der Waals surface area contributed by atoms with Crippen LogP contribution >= 0.6 is 0 Å². The van der Waals surface area contributed by atoms with E-state index in [4.69, 9.17) is 5.11 Å². The van der Waals surface area contributed by atoms with Crippen LogP contribution in [0.2, 0.25) is 0 Å². The van der Waals surface area contributed by atoms with Gasteiger partial charge in [0.15, 0.2) is 0 Å². The Bertz CT molecular complexity index is 292.